The van der Waals surface area contributed by atoms with Gasteiger partial charge in [-0.1, -0.05) is 34.1 Å². The standard InChI is InChI=1S/C19H32N2O4S2/c1-16(2)14-21(15-17(3)4)27(24,25)19-10-8-18(9-11-19)26(22,23)20-12-6-5-7-13-20/h8-11,16-17H,5-7,12-15H2,1-4H3. The molecule has 1 saturated heterocycles. The summed E-state index contributed by atoms with van der Waals surface area (Å²) in [6, 6.07) is 5.67. The lowest BCUT2D eigenvalue weighted by Crippen LogP contribution is -2.37. The fourth-order valence-electron chi connectivity index (χ4n) is 3.27. The van der Waals surface area contributed by atoms with E-state index in [1.54, 1.807) is 0 Å². The number of hydrogen-bond donors (Lipinski definition) is 0. The van der Waals surface area contributed by atoms with E-state index < -0.39 is 20.0 Å². The summed E-state index contributed by atoms with van der Waals surface area (Å²) in [5.41, 5.74) is 0. The van der Waals surface area contributed by atoms with Crippen LogP contribution in [0.2, 0.25) is 0 Å². The normalized spacial score (nSPS) is 17.1. The van der Waals surface area contributed by atoms with Crippen LogP contribution >= 0.6 is 0 Å². The fraction of sp³-hybridized carbons (Fsp3) is 0.684. The van der Waals surface area contributed by atoms with Gasteiger partial charge < -0.3 is 0 Å². The highest BCUT2D eigenvalue weighted by Crippen LogP contribution is 2.24. The van der Waals surface area contributed by atoms with Crippen molar-refractivity contribution >= 4 is 20.0 Å². The first kappa shape index (κ1) is 22.3. The summed E-state index contributed by atoms with van der Waals surface area (Å²) in [7, 11) is -7.21. The van der Waals surface area contributed by atoms with Gasteiger partial charge in [0.05, 0.1) is 9.79 Å². The molecular formula is C19H32N2O4S2. The van der Waals surface area contributed by atoms with Gasteiger partial charge in [-0.25, -0.2) is 16.8 Å². The van der Waals surface area contributed by atoms with Gasteiger partial charge in [-0.05, 0) is 48.9 Å². The Balaban J connectivity index is 2.28. The number of rotatable bonds is 8. The van der Waals surface area contributed by atoms with E-state index in [1.165, 1.54) is 32.9 Å². The maximum Gasteiger partial charge on any atom is 0.243 e. The number of sulfonamides is 2. The molecule has 154 valence electrons. The van der Waals surface area contributed by atoms with Crippen molar-refractivity contribution in [3.8, 4) is 0 Å². The van der Waals surface area contributed by atoms with Crippen molar-refractivity contribution in [2.75, 3.05) is 26.2 Å². The molecule has 2 rings (SSSR count). The van der Waals surface area contributed by atoms with Crippen LogP contribution in [0.5, 0.6) is 0 Å². The van der Waals surface area contributed by atoms with Crippen molar-refractivity contribution in [2.24, 2.45) is 11.8 Å². The lowest BCUT2D eigenvalue weighted by Gasteiger charge is -2.27. The average molecular weight is 417 g/mol. The highest BCUT2D eigenvalue weighted by atomic mass is 32.2. The van der Waals surface area contributed by atoms with Crippen LogP contribution in [0.25, 0.3) is 0 Å². The molecule has 0 aromatic heterocycles. The van der Waals surface area contributed by atoms with Crippen LogP contribution in [0, 0.1) is 11.8 Å². The molecule has 1 aliphatic rings. The maximum absolute atomic E-state index is 13.0. The van der Waals surface area contributed by atoms with Crippen LogP contribution in [0.15, 0.2) is 34.1 Å². The zero-order valence-electron chi connectivity index (χ0n) is 16.8. The molecule has 0 bridgehead atoms. The number of hydrogen-bond acceptors (Lipinski definition) is 4. The van der Waals surface area contributed by atoms with Gasteiger partial charge >= 0.3 is 0 Å². The molecule has 6 nitrogen and oxygen atoms in total. The van der Waals surface area contributed by atoms with Gasteiger partial charge in [0.25, 0.3) is 0 Å². The number of piperidine rings is 1. The summed E-state index contributed by atoms with van der Waals surface area (Å²) in [6.07, 6.45) is 2.78. The summed E-state index contributed by atoms with van der Waals surface area (Å²) < 4.78 is 54.5. The Hall–Kier alpha value is -0.960. The second-order valence-corrected chi connectivity index (χ2v) is 11.9. The summed E-state index contributed by atoms with van der Waals surface area (Å²) >= 11 is 0. The fourth-order valence-corrected chi connectivity index (χ4v) is 6.56. The number of nitrogens with zero attached hydrogens (tertiary/aromatic N) is 2. The zero-order chi connectivity index (χ0) is 20.2. The minimum Gasteiger partial charge on any atom is -0.207 e. The van der Waals surface area contributed by atoms with E-state index >= 15 is 0 Å². The summed E-state index contributed by atoms with van der Waals surface area (Å²) in [5, 5.41) is 0. The van der Waals surface area contributed by atoms with Crippen LogP contribution in [0.4, 0.5) is 0 Å². The molecule has 1 aromatic carbocycles. The number of benzene rings is 1. The van der Waals surface area contributed by atoms with E-state index in [9.17, 15) is 16.8 Å². The van der Waals surface area contributed by atoms with Gasteiger partial charge in [0.15, 0.2) is 0 Å². The van der Waals surface area contributed by atoms with Gasteiger partial charge in [-0.15, -0.1) is 0 Å². The van der Waals surface area contributed by atoms with E-state index in [-0.39, 0.29) is 21.6 Å². The second kappa shape index (κ2) is 9.03. The Morgan fingerprint density at radius 3 is 1.70 bits per heavy atom. The molecule has 1 aromatic rings. The van der Waals surface area contributed by atoms with Crippen molar-refractivity contribution in [3.05, 3.63) is 24.3 Å². The molecular weight excluding hydrogens is 384 g/mol. The molecule has 1 fully saturated rings. The molecule has 0 aliphatic carbocycles. The average Bonchev–Trinajstić information content (AvgIpc) is 2.61. The van der Waals surface area contributed by atoms with Crippen LogP contribution in [-0.4, -0.2) is 51.6 Å². The van der Waals surface area contributed by atoms with Gasteiger partial charge in [0, 0.05) is 26.2 Å². The summed E-state index contributed by atoms with van der Waals surface area (Å²) in [6.45, 7) is 9.86. The van der Waals surface area contributed by atoms with Crippen molar-refractivity contribution in [1.82, 2.24) is 8.61 Å². The Labute approximate surface area is 164 Å². The smallest absolute Gasteiger partial charge is 0.207 e. The molecule has 0 spiro atoms. The molecule has 0 radical (unpaired) electrons. The molecule has 0 N–H and O–H groups in total. The third kappa shape index (κ3) is 5.53. The van der Waals surface area contributed by atoms with E-state index in [1.807, 2.05) is 27.7 Å². The molecule has 0 atom stereocenters. The SMILES string of the molecule is CC(C)CN(CC(C)C)S(=O)(=O)c1ccc(S(=O)(=O)N2CCCCC2)cc1. The molecule has 0 unspecified atom stereocenters. The zero-order valence-corrected chi connectivity index (χ0v) is 18.4. The Bertz CT molecular complexity index is 800. The Kier molecular flexibility index (Phi) is 7.47. The lowest BCUT2D eigenvalue weighted by molar-refractivity contribution is 0.333. The van der Waals surface area contributed by atoms with Crippen LogP contribution in [0.3, 0.4) is 0 Å². The topological polar surface area (TPSA) is 74.8 Å². The van der Waals surface area contributed by atoms with Gasteiger partial charge in [-0.2, -0.15) is 8.61 Å². The molecule has 0 amide bonds. The Morgan fingerprint density at radius 1 is 0.815 bits per heavy atom. The quantitative estimate of drug-likeness (QED) is 0.652. The lowest BCUT2D eigenvalue weighted by atomic mass is 10.2. The third-order valence-corrected chi connectivity index (χ3v) is 8.31. The molecule has 0 saturated carbocycles. The maximum atomic E-state index is 13.0. The minimum atomic E-state index is -3.65. The Morgan fingerprint density at radius 2 is 1.26 bits per heavy atom. The predicted octanol–water partition coefficient (Wildman–Crippen LogP) is 3.16. The van der Waals surface area contributed by atoms with E-state index in [0.29, 0.717) is 26.2 Å². The molecule has 27 heavy (non-hydrogen) atoms. The van der Waals surface area contributed by atoms with Gasteiger partial charge in [0.1, 0.15) is 0 Å². The first-order valence-electron chi connectivity index (χ1n) is 9.65. The predicted molar refractivity (Wildman–Crippen MR) is 107 cm³/mol. The van der Waals surface area contributed by atoms with Crippen molar-refractivity contribution in [2.45, 2.75) is 56.7 Å². The molecule has 8 heteroatoms. The van der Waals surface area contributed by atoms with E-state index in [2.05, 4.69) is 0 Å². The van der Waals surface area contributed by atoms with E-state index in [4.69, 9.17) is 0 Å². The largest absolute Gasteiger partial charge is 0.243 e. The first-order chi connectivity index (χ1) is 12.5. The van der Waals surface area contributed by atoms with Crippen LogP contribution in [-0.2, 0) is 20.0 Å². The first-order valence-corrected chi connectivity index (χ1v) is 12.5. The summed E-state index contributed by atoms with van der Waals surface area (Å²) in [5.74, 6) is 0.412. The summed E-state index contributed by atoms with van der Waals surface area (Å²) in [4.78, 5) is 0.295. The van der Waals surface area contributed by atoms with Crippen molar-refractivity contribution < 1.29 is 16.8 Å². The van der Waals surface area contributed by atoms with Gasteiger partial charge in [-0.3, -0.25) is 0 Å². The monoisotopic (exact) mass is 416 g/mol. The third-order valence-electron chi connectivity index (χ3n) is 4.55. The van der Waals surface area contributed by atoms with Gasteiger partial charge in [0.2, 0.25) is 20.0 Å². The second-order valence-electron chi connectivity index (χ2n) is 8.05. The highest BCUT2D eigenvalue weighted by Gasteiger charge is 2.29. The highest BCUT2D eigenvalue weighted by molar-refractivity contribution is 7.89. The van der Waals surface area contributed by atoms with E-state index in [0.717, 1.165) is 19.3 Å². The minimum absolute atomic E-state index is 0.140. The van der Waals surface area contributed by atoms with Crippen molar-refractivity contribution in [1.29, 1.82) is 0 Å². The van der Waals surface area contributed by atoms with Crippen LogP contribution in [0.1, 0.15) is 47.0 Å². The van der Waals surface area contributed by atoms with Crippen LogP contribution < -0.4 is 0 Å². The molecule has 1 heterocycles. The van der Waals surface area contributed by atoms with Crippen molar-refractivity contribution in [3.63, 3.8) is 0 Å². The molecule has 1 aliphatic heterocycles.